The number of methoxy groups -OCH3 is 1. The van der Waals surface area contributed by atoms with E-state index >= 15 is 0 Å². The standard InChI is InChI=1S/C21H22FN3O2/c1-27-20-5-4-14(11-16(20)22)12-21(26)25-9-6-15(7-10-25)18-13-19-17(24-18)3-2-8-23-19/h2-5,8,11,13,15,24H,6-7,9-10,12H2,1H3. The zero-order valence-corrected chi connectivity index (χ0v) is 15.2. The van der Waals surface area contributed by atoms with E-state index in [-0.39, 0.29) is 18.1 Å². The molecule has 1 aromatic carbocycles. The van der Waals surface area contributed by atoms with Crippen molar-refractivity contribution in [1.82, 2.24) is 14.9 Å². The first kappa shape index (κ1) is 17.5. The zero-order valence-electron chi connectivity index (χ0n) is 15.2. The molecule has 0 atom stereocenters. The van der Waals surface area contributed by atoms with Gasteiger partial charge in [-0.25, -0.2) is 4.39 Å². The van der Waals surface area contributed by atoms with Crippen molar-refractivity contribution in [2.24, 2.45) is 0 Å². The molecule has 6 heteroatoms. The SMILES string of the molecule is COc1ccc(CC(=O)N2CCC(c3cc4ncccc4[nH]3)CC2)cc1F. The van der Waals surface area contributed by atoms with E-state index in [9.17, 15) is 9.18 Å². The Morgan fingerprint density at radius 1 is 1.30 bits per heavy atom. The molecule has 0 saturated carbocycles. The highest BCUT2D eigenvalue weighted by molar-refractivity contribution is 5.79. The Bertz CT molecular complexity index is 928. The van der Waals surface area contributed by atoms with Gasteiger partial charge in [0.25, 0.3) is 0 Å². The number of piperidine rings is 1. The van der Waals surface area contributed by atoms with Crippen LogP contribution >= 0.6 is 0 Å². The molecule has 0 unspecified atom stereocenters. The molecule has 3 heterocycles. The van der Waals surface area contributed by atoms with E-state index in [0.29, 0.717) is 24.6 Å². The maximum Gasteiger partial charge on any atom is 0.226 e. The van der Waals surface area contributed by atoms with E-state index in [4.69, 9.17) is 4.74 Å². The van der Waals surface area contributed by atoms with E-state index in [1.165, 1.54) is 18.9 Å². The molecule has 1 amide bonds. The number of fused-ring (bicyclic) bond motifs is 1. The molecule has 140 valence electrons. The molecular weight excluding hydrogens is 345 g/mol. The Balaban J connectivity index is 1.37. The highest BCUT2D eigenvalue weighted by Crippen LogP contribution is 2.29. The summed E-state index contributed by atoms with van der Waals surface area (Å²) in [5.74, 6) is 0.201. The Hall–Kier alpha value is -2.89. The quantitative estimate of drug-likeness (QED) is 0.766. The molecule has 3 aromatic rings. The first-order valence-electron chi connectivity index (χ1n) is 9.18. The zero-order chi connectivity index (χ0) is 18.8. The van der Waals surface area contributed by atoms with Crippen LogP contribution in [0.4, 0.5) is 4.39 Å². The topological polar surface area (TPSA) is 58.2 Å². The summed E-state index contributed by atoms with van der Waals surface area (Å²) in [6, 6.07) is 10.7. The molecule has 5 nitrogen and oxygen atoms in total. The molecule has 1 aliphatic rings. The number of carbonyl (C=O) groups excluding carboxylic acids is 1. The second kappa shape index (κ2) is 7.39. The summed E-state index contributed by atoms with van der Waals surface area (Å²) in [7, 11) is 1.43. The molecule has 4 rings (SSSR count). The van der Waals surface area contributed by atoms with Crippen molar-refractivity contribution in [3.63, 3.8) is 0 Å². The van der Waals surface area contributed by atoms with E-state index in [1.807, 2.05) is 17.0 Å². The Kier molecular flexibility index (Phi) is 4.79. The van der Waals surface area contributed by atoms with Crippen molar-refractivity contribution in [3.8, 4) is 5.75 Å². The average molecular weight is 367 g/mol. The van der Waals surface area contributed by atoms with Gasteiger partial charge in [-0.05, 0) is 48.7 Å². The number of H-pyrrole nitrogens is 1. The van der Waals surface area contributed by atoms with Gasteiger partial charge < -0.3 is 14.6 Å². The third kappa shape index (κ3) is 3.65. The van der Waals surface area contributed by atoms with Crippen LogP contribution in [-0.4, -0.2) is 41.0 Å². The minimum atomic E-state index is -0.436. The molecule has 27 heavy (non-hydrogen) atoms. The van der Waals surface area contributed by atoms with Crippen LogP contribution in [0, 0.1) is 5.82 Å². The third-order valence-corrected chi connectivity index (χ3v) is 5.27. The number of nitrogens with one attached hydrogen (secondary N) is 1. The number of hydrogen-bond donors (Lipinski definition) is 1. The fourth-order valence-corrected chi connectivity index (χ4v) is 3.74. The van der Waals surface area contributed by atoms with Gasteiger partial charge in [-0.1, -0.05) is 6.07 Å². The second-order valence-electron chi connectivity index (χ2n) is 6.96. The van der Waals surface area contributed by atoms with Gasteiger partial charge in [0.15, 0.2) is 11.6 Å². The molecule has 2 aromatic heterocycles. The van der Waals surface area contributed by atoms with Crippen LogP contribution in [0.25, 0.3) is 11.0 Å². The predicted octanol–water partition coefficient (Wildman–Crippen LogP) is 3.66. The minimum absolute atomic E-state index is 0.0383. The van der Waals surface area contributed by atoms with Crippen LogP contribution in [0.2, 0.25) is 0 Å². The molecule has 1 fully saturated rings. The molecule has 0 radical (unpaired) electrons. The van der Waals surface area contributed by atoms with Crippen LogP contribution in [-0.2, 0) is 11.2 Å². The van der Waals surface area contributed by atoms with E-state index in [1.54, 1.807) is 18.3 Å². The average Bonchev–Trinajstić information content (AvgIpc) is 3.12. The molecule has 0 aliphatic carbocycles. The molecule has 1 N–H and O–H groups in total. The van der Waals surface area contributed by atoms with Crippen LogP contribution < -0.4 is 4.74 Å². The number of nitrogens with zero attached hydrogens (tertiary/aromatic N) is 2. The number of halogens is 1. The molecule has 0 spiro atoms. The highest BCUT2D eigenvalue weighted by atomic mass is 19.1. The van der Waals surface area contributed by atoms with Gasteiger partial charge in [0.2, 0.25) is 5.91 Å². The fraction of sp³-hybridized carbons (Fsp3) is 0.333. The monoisotopic (exact) mass is 367 g/mol. The van der Waals surface area contributed by atoms with E-state index in [0.717, 1.165) is 23.9 Å². The van der Waals surface area contributed by atoms with Crippen molar-refractivity contribution in [3.05, 3.63) is 59.7 Å². The number of hydrogen-bond acceptors (Lipinski definition) is 3. The summed E-state index contributed by atoms with van der Waals surface area (Å²) < 4.78 is 18.7. The van der Waals surface area contributed by atoms with Gasteiger partial charge in [0.05, 0.1) is 24.6 Å². The van der Waals surface area contributed by atoms with E-state index in [2.05, 4.69) is 16.0 Å². The summed E-state index contributed by atoms with van der Waals surface area (Å²) >= 11 is 0. The maximum atomic E-state index is 13.8. The van der Waals surface area contributed by atoms with Crippen molar-refractivity contribution in [2.45, 2.75) is 25.2 Å². The Morgan fingerprint density at radius 2 is 2.11 bits per heavy atom. The summed E-state index contributed by atoms with van der Waals surface area (Å²) in [6.45, 7) is 1.43. The lowest BCUT2D eigenvalue weighted by Crippen LogP contribution is -2.38. The number of amides is 1. The number of rotatable bonds is 4. The minimum Gasteiger partial charge on any atom is -0.494 e. The van der Waals surface area contributed by atoms with Crippen molar-refractivity contribution < 1.29 is 13.9 Å². The maximum absolute atomic E-state index is 13.8. The lowest BCUT2D eigenvalue weighted by molar-refractivity contribution is -0.131. The first-order valence-corrected chi connectivity index (χ1v) is 9.18. The smallest absolute Gasteiger partial charge is 0.226 e. The van der Waals surface area contributed by atoms with Crippen molar-refractivity contribution in [1.29, 1.82) is 0 Å². The van der Waals surface area contributed by atoms with Crippen molar-refractivity contribution in [2.75, 3.05) is 20.2 Å². The second-order valence-corrected chi connectivity index (χ2v) is 6.96. The number of pyridine rings is 1. The van der Waals surface area contributed by atoms with Gasteiger partial charge in [-0.3, -0.25) is 9.78 Å². The lowest BCUT2D eigenvalue weighted by atomic mass is 9.93. The molecule has 1 aliphatic heterocycles. The van der Waals surface area contributed by atoms with Crippen molar-refractivity contribution >= 4 is 16.9 Å². The number of likely N-dealkylation sites (tertiary alicyclic amines) is 1. The van der Waals surface area contributed by atoms with Gasteiger partial charge in [-0.2, -0.15) is 0 Å². The summed E-state index contributed by atoms with van der Waals surface area (Å²) in [5, 5.41) is 0. The van der Waals surface area contributed by atoms with Crippen LogP contribution in [0.15, 0.2) is 42.6 Å². The van der Waals surface area contributed by atoms with Crippen LogP contribution in [0.1, 0.15) is 30.0 Å². The molecule has 1 saturated heterocycles. The highest BCUT2D eigenvalue weighted by Gasteiger charge is 2.25. The summed E-state index contributed by atoms with van der Waals surface area (Å²) in [6.07, 6.45) is 3.83. The van der Waals surface area contributed by atoms with Crippen LogP contribution in [0.3, 0.4) is 0 Å². The van der Waals surface area contributed by atoms with Gasteiger partial charge in [-0.15, -0.1) is 0 Å². The van der Waals surface area contributed by atoms with Crippen LogP contribution in [0.5, 0.6) is 5.75 Å². The Morgan fingerprint density at radius 3 is 2.81 bits per heavy atom. The lowest BCUT2D eigenvalue weighted by Gasteiger charge is -2.31. The molecular formula is C21H22FN3O2. The van der Waals surface area contributed by atoms with Gasteiger partial charge >= 0.3 is 0 Å². The summed E-state index contributed by atoms with van der Waals surface area (Å²) in [4.78, 5) is 22.3. The first-order chi connectivity index (χ1) is 13.1. The number of aromatic amines is 1. The molecule has 0 bridgehead atoms. The number of benzene rings is 1. The Labute approximate surface area is 157 Å². The normalized spacial score (nSPS) is 15.3. The van der Waals surface area contributed by atoms with E-state index < -0.39 is 5.82 Å². The fourth-order valence-electron chi connectivity index (χ4n) is 3.74. The predicted molar refractivity (Wildman–Crippen MR) is 101 cm³/mol. The third-order valence-electron chi connectivity index (χ3n) is 5.27. The summed E-state index contributed by atoms with van der Waals surface area (Å²) in [5.41, 5.74) is 3.88. The number of carbonyl (C=O) groups is 1. The largest absolute Gasteiger partial charge is 0.494 e. The number of aromatic nitrogens is 2. The number of ether oxygens (including phenoxy) is 1. The van der Waals surface area contributed by atoms with Gasteiger partial charge in [0, 0.05) is 30.9 Å². The van der Waals surface area contributed by atoms with Gasteiger partial charge in [0.1, 0.15) is 0 Å².